The number of anilines is 1. The average Bonchev–Trinajstić information content (AvgIpc) is 2.98. The van der Waals surface area contributed by atoms with Gasteiger partial charge in [0.2, 0.25) is 10.0 Å². The SMILES string of the molecule is COc1ccc(CN(Cc2ccc(OC)cc2)S(=O)(=O)CCCNc2cc3cc(C(F)(F)P(=O)(O)O)c(Br)cc3cn2)cc1. The Morgan fingerprint density at radius 3 is 1.98 bits per heavy atom. The fourth-order valence-corrected chi connectivity index (χ4v) is 7.09. The van der Waals surface area contributed by atoms with Gasteiger partial charge < -0.3 is 24.6 Å². The molecule has 0 bridgehead atoms. The van der Waals surface area contributed by atoms with Gasteiger partial charge in [-0.25, -0.2) is 13.4 Å². The van der Waals surface area contributed by atoms with Crippen LogP contribution in [0.15, 0.2) is 77.4 Å². The molecule has 3 N–H and O–H groups in total. The average molecular weight is 715 g/mol. The third-order valence-corrected chi connectivity index (χ3v) is 10.3. The van der Waals surface area contributed by atoms with E-state index in [-0.39, 0.29) is 47.5 Å². The van der Waals surface area contributed by atoms with Gasteiger partial charge in [0.1, 0.15) is 17.3 Å². The Morgan fingerprint density at radius 2 is 1.48 bits per heavy atom. The van der Waals surface area contributed by atoms with E-state index in [0.717, 1.165) is 17.2 Å². The largest absolute Gasteiger partial charge is 0.497 e. The van der Waals surface area contributed by atoms with Gasteiger partial charge in [-0.3, -0.25) is 4.57 Å². The first-order valence-corrected chi connectivity index (χ1v) is 17.3. The summed E-state index contributed by atoms with van der Waals surface area (Å²) in [6, 6.07) is 18.0. The molecule has 0 saturated heterocycles. The summed E-state index contributed by atoms with van der Waals surface area (Å²) in [5.74, 6) is 1.43. The van der Waals surface area contributed by atoms with Gasteiger partial charge in [0, 0.05) is 41.3 Å². The number of fused-ring (bicyclic) bond motifs is 1. The summed E-state index contributed by atoms with van der Waals surface area (Å²) in [5, 5.41) is 3.73. The number of nitrogens with zero attached hydrogens (tertiary/aromatic N) is 2. The Morgan fingerprint density at radius 1 is 0.932 bits per heavy atom. The van der Waals surface area contributed by atoms with E-state index in [1.807, 2.05) is 24.3 Å². The van der Waals surface area contributed by atoms with Gasteiger partial charge in [0.25, 0.3) is 0 Å². The van der Waals surface area contributed by atoms with Crippen molar-refractivity contribution in [1.29, 1.82) is 0 Å². The molecule has 1 heterocycles. The van der Waals surface area contributed by atoms with Crippen molar-refractivity contribution in [3.05, 3.63) is 94.1 Å². The number of aromatic nitrogens is 1. The number of hydrogen-bond donors (Lipinski definition) is 3. The van der Waals surface area contributed by atoms with Crippen molar-refractivity contribution >= 4 is 50.1 Å². The molecule has 10 nitrogen and oxygen atoms in total. The first-order valence-electron chi connectivity index (χ1n) is 13.2. The van der Waals surface area contributed by atoms with E-state index in [4.69, 9.17) is 19.3 Å². The highest BCUT2D eigenvalue weighted by Gasteiger charge is 2.51. The number of nitrogens with one attached hydrogen (secondary N) is 1. The molecule has 0 amide bonds. The number of sulfonamides is 1. The molecule has 0 unspecified atom stereocenters. The number of halogens is 3. The molecule has 0 fully saturated rings. The second-order valence-electron chi connectivity index (χ2n) is 9.89. The van der Waals surface area contributed by atoms with E-state index in [0.29, 0.717) is 16.9 Å². The maximum atomic E-state index is 14.4. The van der Waals surface area contributed by atoms with Crippen molar-refractivity contribution in [2.75, 3.05) is 31.8 Å². The minimum absolute atomic E-state index is 0.148. The lowest BCUT2D eigenvalue weighted by Crippen LogP contribution is -2.32. The van der Waals surface area contributed by atoms with Crippen LogP contribution < -0.4 is 14.8 Å². The van der Waals surface area contributed by atoms with Crippen molar-refractivity contribution in [3.63, 3.8) is 0 Å². The fourth-order valence-electron chi connectivity index (χ4n) is 4.37. The highest BCUT2D eigenvalue weighted by molar-refractivity contribution is 9.10. The molecule has 15 heteroatoms. The van der Waals surface area contributed by atoms with E-state index in [1.54, 1.807) is 38.5 Å². The Balaban J connectivity index is 1.46. The molecule has 4 rings (SSSR count). The molecule has 3 aromatic carbocycles. The number of hydrogen-bond acceptors (Lipinski definition) is 7. The van der Waals surface area contributed by atoms with Crippen LogP contribution in [0, 0.1) is 0 Å². The molecular formula is C29H31BrF2N3O7PS. The number of alkyl halides is 2. The van der Waals surface area contributed by atoms with Crippen LogP contribution in [0.3, 0.4) is 0 Å². The normalized spacial score (nSPS) is 12.5. The van der Waals surface area contributed by atoms with E-state index < -0.39 is 28.8 Å². The van der Waals surface area contributed by atoms with Crippen molar-refractivity contribution < 1.29 is 41.0 Å². The van der Waals surface area contributed by atoms with Gasteiger partial charge in [0.05, 0.1) is 20.0 Å². The maximum Gasteiger partial charge on any atom is 0.399 e. The first kappa shape index (κ1) is 33.8. The first-order chi connectivity index (χ1) is 20.7. The highest BCUT2D eigenvalue weighted by Crippen LogP contribution is 2.60. The lowest BCUT2D eigenvalue weighted by Gasteiger charge is -2.23. The van der Waals surface area contributed by atoms with E-state index >= 15 is 0 Å². The zero-order valence-electron chi connectivity index (χ0n) is 23.8. The van der Waals surface area contributed by atoms with Crippen LogP contribution in [0.2, 0.25) is 0 Å². The van der Waals surface area contributed by atoms with Gasteiger partial charge in [-0.1, -0.05) is 40.2 Å². The van der Waals surface area contributed by atoms with Gasteiger partial charge >= 0.3 is 13.3 Å². The quantitative estimate of drug-likeness (QED) is 0.105. The van der Waals surface area contributed by atoms with Crippen LogP contribution in [0.4, 0.5) is 14.6 Å². The zero-order chi connectivity index (χ0) is 32.1. The number of benzene rings is 3. The summed E-state index contributed by atoms with van der Waals surface area (Å²) >= 11 is 2.96. The number of methoxy groups -OCH3 is 2. The Kier molecular flexibility index (Phi) is 10.7. The smallest absolute Gasteiger partial charge is 0.399 e. The predicted molar refractivity (Wildman–Crippen MR) is 168 cm³/mol. The van der Waals surface area contributed by atoms with Crippen LogP contribution in [0.1, 0.15) is 23.1 Å². The van der Waals surface area contributed by atoms with Crippen molar-refractivity contribution in [3.8, 4) is 11.5 Å². The second kappa shape index (κ2) is 13.9. The number of rotatable bonds is 14. The zero-order valence-corrected chi connectivity index (χ0v) is 27.1. The predicted octanol–water partition coefficient (Wildman–Crippen LogP) is 6.08. The van der Waals surface area contributed by atoms with E-state index in [1.165, 1.54) is 22.6 Å². The molecular weight excluding hydrogens is 683 g/mol. The lowest BCUT2D eigenvalue weighted by molar-refractivity contribution is 0.0559. The molecule has 0 radical (unpaired) electrons. The molecule has 0 atom stereocenters. The molecule has 44 heavy (non-hydrogen) atoms. The standard InChI is InChI=1S/C29H31BrF2N3O7PS/c1-41-24-8-4-20(5-9-24)18-35(19-21-6-10-25(42-2)11-7-21)44(39,40)13-3-12-33-28-16-22-14-26(29(31,32)43(36,37)38)27(30)15-23(22)17-34-28/h4-11,14-17H,3,12-13,18-19H2,1-2H3,(H,33,34)(H2,36,37,38). The fraction of sp³-hybridized carbons (Fsp3) is 0.276. The molecule has 1 aromatic heterocycles. The molecule has 236 valence electrons. The summed E-state index contributed by atoms with van der Waals surface area (Å²) in [5.41, 5.74) is -3.67. The maximum absolute atomic E-state index is 14.4. The molecule has 0 aliphatic rings. The second-order valence-corrected chi connectivity index (χ2v) is 14.5. The Bertz CT molecular complexity index is 1710. The Hall–Kier alpha value is -3.13. The third-order valence-electron chi connectivity index (χ3n) is 6.81. The highest BCUT2D eigenvalue weighted by atomic mass is 79.9. The molecule has 0 aliphatic carbocycles. The monoisotopic (exact) mass is 713 g/mol. The van der Waals surface area contributed by atoms with Gasteiger partial charge in [-0.15, -0.1) is 0 Å². The molecule has 0 aliphatic heterocycles. The van der Waals surface area contributed by atoms with Crippen LogP contribution in [-0.2, 0) is 33.3 Å². The summed E-state index contributed by atoms with van der Waals surface area (Å²) in [6.45, 7) is 0.503. The van der Waals surface area contributed by atoms with Gasteiger partial charge in [-0.2, -0.15) is 13.1 Å². The third kappa shape index (κ3) is 8.12. The van der Waals surface area contributed by atoms with E-state index in [2.05, 4.69) is 26.2 Å². The minimum Gasteiger partial charge on any atom is -0.497 e. The lowest BCUT2D eigenvalue weighted by atomic mass is 10.1. The topological polar surface area (TPSA) is 138 Å². The molecule has 4 aromatic rings. The van der Waals surface area contributed by atoms with E-state index in [9.17, 15) is 21.8 Å². The Labute approximate surface area is 262 Å². The van der Waals surface area contributed by atoms with Crippen LogP contribution in [-0.4, -0.2) is 54.0 Å². The minimum atomic E-state index is -5.77. The van der Waals surface area contributed by atoms with Crippen molar-refractivity contribution in [2.24, 2.45) is 0 Å². The summed E-state index contributed by atoms with van der Waals surface area (Å²) in [4.78, 5) is 22.6. The van der Waals surface area contributed by atoms with Crippen molar-refractivity contribution in [2.45, 2.75) is 25.2 Å². The molecule has 0 saturated carbocycles. The number of pyridine rings is 1. The van der Waals surface area contributed by atoms with Crippen molar-refractivity contribution in [1.82, 2.24) is 9.29 Å². The summed E-state index contributed by atoms with van der Waals surface area (Å²) < 4.78 is 78.9. The molecule has 0 spiro atoms. The van der Waals surface area contributed by atoms with Gasteiger partial charge in [0.15, 0.2) is 0 Å². The number of ether oxygens (including phenoxy) is 2. The summed E-state index contributed by atoms with van der Waals surface area (Å²) in [7, 11) is -6.40. The van der Waals surface area contributed by atoms with Crippen LogP contribution in [0.5, 0.6) is 11.5 Å². The summed E-state index contributed by atoms with van der Waals surface area (Å²) in [6.07, 6.45) is 1.63. The van der Waals surface area contributed by atoms with Crippen LogP contribution >= 0.6 is 23.5 Å². The van der Waals surface area contributed by atoms with Crippen LogP contribution in [0.25, 0.3) is 10.8 Å². The van der Waals surface area contributed by atoms with Gasteiger partial charge in [-0.05, 0) is 65.4 Å².